The summed E-state index contributed by atoms with van der Waals surface area (Å²) >= 11 is 0. The van der Waals surface area contributed by atoms with Gasteiger partial charge in [0.2, 0.25) is 5.60 Å². The molecule has 2 fully saturated rings. The number of fused-ring (bicyclic) bond motifs is 2. The summed E-state index contributed by atoms with van der Waals surface area (Å²) in [6.07, 6.45) is 0.797. The predicted molar refractivity (Wildman–Crippen MR) is 75.3 cm³/mol. The molecule has 1 heterocycles. The van der Waals surface area contributed by atoms with Gasteiger partial charge in [-0.1, -0.05) is 34.6 Å². The minimum absolute atomic E-state index is 0.308. The summed E-state index contributed by atoms with van der Waals surface area (Å²) in [7, 11) is 0. The zero-order valence-corrected chi connectivity index (χ0v) is 14.0. The highest BCUT2D eigenvalue weighted by Gasteiger charge is 2.76. The molecule has 1 saturated carbocycles. The molecule has 1 saturated heterocycles. The quantitative estimate of drug-likeness (QED) is 0.749. The number of hydrogen-bond donors (Lipinski definition) is 0. The first-order valence-electron chi connectivity index (χ1n) is 7.50. The Morgan fingerprint density at radius 1 is 1.23 bits per heavy atom. The van der Waals surface area contributed by atoms with E-state index in [1.54, 1.807) is 20.8 Å². The molecule has 0 aromatic rings. The minimum Gasteiger partial charge on any atom is -0.456 e. The number of esters is 2. The summed E-state index contributed by atoms with van der Waals surface area (Å²) in [6.45, 7) is 8.40. The summed E-state index contributed by atoms with van der Waals surface area (Å²) in [5.74, 6) is -4.48. The van der Waals surface area contributed by atoms with Crippen LogP contribution < -0.4 is 0 Å². The summed E-state index contributed by atoms with van der Waals surface area (Å²) in [5, 5.41) is 0. The molecule has 22 heavy (non-hydrogen) atoms. The third-order valence-electron chi connectivity index (χ3n) is 5.90. The van der Waals surface area contributed by atoms with Crippen molar-refractivity contribution in [2.75, 3.05) is 6.61 Å². The molecule has 0 amide bonds. The zero-order chi connectivity index (χ0) is 17.2. The first kappa shape index (κ1) is 17.2. The minimum atomic E-state index is -3.16. The monoisotopic (exact) mass is 318 g/mol. The molecule has 0 aromatic carbocycles. The normalized spacial score (nSPS) is 33.7. The van der Waals surface area contributed by atoms with Crippen LogP contribution in [0.3, 0.4) is 0 Å². The maximum absolute atomic E-state index is 14.0. The van der Waals surface area contributed by atoms with Crippen LogP contribution in [-0.4, -0.2) is 30.1 Å². The van der Waals surface area contributed by atoms with Gasteiger partial charge in [0.25, 0.3) is 5.92 Å². The molecule has 2 bridgehead atoms. The van der Waals surface area contributed by atoms with Crippen LogP contribution >= 0.6 is 0 Å². The highest BCUT2D eigenvalue weighted by Crippen LogP contribution is 2.65. The Hall–Kier alpha value is -1.20. The first-order valence-corrected chi connectivity index (χ1v) is 7.50. The molecule has 2 aliphatic rings. The van der Waals surface area contributed by atoms with Gasteiger partial charge in [0.05, 0.1) is 5.41 Å². The van der Waals surface area contributed by atoms with Gasteiger partial charge < -0.3 is 9.47 Å². The van der Waals surface area contributed by atoms with Gasteiger partial charge in [-0.15, -0.1) is 0 Å². The van der Waals surface area contributed by atoms with Crippen molar-refractivity contribution < 1.29 is 27.8 Å². The van der Waals surface area contributed by atoms with E-state index in [1.807, 2.05) is 0 Å². The van der Waals surface area contributed by atoms with Crippen LogP contribution in [0.5, 0.6) is 0 Å². The van der Waals surface area contributed by atoms with E-state index in [0.717, 1.165) is 0 Å². The van der Waals surface area contributed by atoms with Gasteiger partial charge in [-0.3, -0.25) is 4.79 Å². The number of halogens is 2. The van der Waals surface area contributed by atoms with E-state index in [0.29, 0.717) is 12.8 Å². The lowest BCUT2D eigenvalue weighted by atomic mass is 9.66. The molecule has 2 unspecified atom stereocenters. The van der Waals surface area contributed by atoms with Crippen LogP contribution in [0.4, 0.5) is 8.78 Å². The fraction of sp³-hybridized carbons (Fsp3) is 0.875. The van der Waals surface area contributed by atoms with Crippen LogP contribution in [0.1, 0.15) is 54.4 Å². The molecule has 0 N–H and O–H groups in total. The lowest BCUT2D eigenvalue weighted by Crippen LogP contribution is -2.50. The number of hydrogen-bond acceptors (Lipinski definition) is 4. The Morgan fingerprint density at radius 2 is 1.77 bits per heavy atom. The molecule has 1 aliphatic heterocycles. The predicted octanol–water partition coefficient (Wildman–Crippen LogP) is 3.33. The van der Waals surface area contributed by atoms with E-state index in [9.17, 15) is 18.4 Å². The van der Waals surface area contributed by atoms with Crippen molar-refractivity contribution in [3.05, 3.63) is 0 Å². The number of carbonyl (C=O) groups excluding carboxylic acids is 2. The second-order valence-corrected chi connectivity index (χ2v) is 8.20. The van der Waals surface area contributed by atoms with Gasteiger partial charge in [0.15, 0.2) is 6.61 Å². The standard InChI is InChI=1S/C16H24F2O4/c1-12(2,3)16(17,18)9-21-11(20)15-8-7-14(6,10(19)22-15)13(15,4)5/h7-9H2,1-6H3. The fourth-order valence-electron chi connectivity index (χ4n) is 3.19. The van der Waals surface area contributed by atoms with Crippen molar-refractivity contribution in [2.45, 2.75) is 65.9 Å². The molecule has 1 aliphatic carbocycles. The van der Waals surface area contributed by atoms with Crippen LogP contribution in [0.25, 0.3) is 0 Å². The highest BCUT2D eigenvalue weighted by atomic mass is 19.3. The largest absolute Gasteiger partial charge is 0.456 e. The second-order valence-electron chi connectivity index (χ2n) is 8.20. The summed E-state index contributed by atoms with van der Waals surface area (Å²) in [6, 6.07) is 0. The Bertz CT molecular complexity index is 521. The SMILES string of the molecule is CC(C)(C)C(F)(F)COC(=O)C12CCC(C)(C(=O)O1)C2(C)C. The molecule has 126 valence electrons. The Labute approximate surface area is 129 Å². The molecule has 6 heteroatoms. The van der Waals surface area contributed by atoms with E-state index in [4.69, 9.17) is 9.47 Å². The molecule has 2 rings (SSSR count). The fourth-order valence-corrected chi connectivity index (χ4v) is 3.19. The van der Waals surface area contributed by atoms with Crippen LogP contribution in [-0.2, 0) is 19.1 Å². The third-order valence-corrected chi connectivity index (χ3v) is 5.90. The smallest absolute Gasteiger partial charge is 0.351 e. The van der Waals surface area contributed by atoms with Gasteiger partial charge in [-0.05, 0) is 19.8 Å². The second kappa shape index (κ2) is 4.42. The van der Waals surface area contributed by atoms with Crippen molar-refractivity contribution in [3.8, 4) is 0 Å². The molecular formula is C16H24F2O4. The maximum Gasteiger partial charge on any atom is 0.351 e. The summed E-state index contributed by atoms with van der Waals surface area (Å²) in [4.78, 5) is 24.5. The van der Waals surface area contributed by atoms with E-state index in [-0.39, 0.29) is 0 Å². The van der Waals surface area contributed by atoms with E-state index >= 15 is 0 Å². The Kier molecular flexibility index (Phi) is 3.45. The Balaban J connectivity index is 2.20. The van der Waals surface area contributed by atoms with Gasteiger partial charge in [0.1, 0.15) is 0 Å². The molecule has 0 radical (unpaired) electrons. The van der Waals surface area contributed by atoms with Crippen molar-refractivity contribution in [1.82, 2.24) is 0 Å². The van der Waals surface area contributed by atoms with Gasteiger partial charge in [0, 0.05) is 10.8 Å². The van der Waals surface area contributed by atoms with Crippen LogP contribution in [0.15, 0.2) is 0 Å². The van der Waals surface area contributed by atoms with E-state index in [2.05, 4.69) is 0 Å². The maximum atomic E-state index is 14.0. The number of alkyl halides is 2. The number of carbonyl (C=O) groups is 2. The average molecular weight is 318 g/mol. The van der Waals surface area contributed by atoms with E-state index < -0.39 is 46.3 Å². The molecule has 4 nitrogen and oxygen atoms in total. The molecular weight excluding hydrogens is 294 g/mol. The Morgan fingerprint density at radius 3 is 2.14 bits per heavy atom. The van der Waals surface area contributed by atoms with Gasteiger partial charge >= 0.3 is 11.9 Å². The van der Waals surface area contributed by atoms with Gasteiger partial charge in [-0.25, -0.2) is 13.6 Å². The third kappa shape index (κ3) is 1.91. The zero-order valence-electron chi connectivity index (χ0n) is 14.0. The van der Waals surface area contributed by atoms with Crippen LogP contribution in [0, 0.1) is 16.2 Å². The van der Waals surface area contributed by atoms with Gasteiger partial charge in [-0.2, -0.15) is 0 Å². The average Bonchev–Trinajstić information content (AvgIpc) is 2.65. The van der Waals surface area contributed by atoms with Crippen molar-refractivity contribution >= 4 is 11.9 Å². The number of ether oxygens (including phenoxy) is 2. The highest BCUT2D eigenvalue weighted by molar-refractivity contribution is 5.93. The topological polar surface area (TPSA) is 52.6 Å². The van der Waals surface area contributed by atoms with Crippen molar-refractivity contribution in [1.29, 1.82) is 0 Å². The first-order chi connectivity index (χ1) is 9.71. The van der Waals surface area contributed by atoms with Crippen molar-refractivity contribution in [2.24, 2.45) is 16.2 Å². The van der Waals surface area contributed by atoms with Crippen molar-refractivity contribution in [3.63, 3.8) is 0 Å². The van der Waals surface area contributed by atoms with E-state index in [1.165, 1.54) is 20.8 Å². The molecule has 2 atom stereocenters. The summed E-state index contributed by atoms with van der Waals surface area (Å²) < 4.78 is 38.2. The lowest BCUT2D eigenvalue weighted by Gasteiger charge is -2.36. The number of rotatable bonds is 3. The summed E-state index contributed by atoms with van der Waals surface area (Å²) in [5.41, 5.74) is -4.34. The molecule has 0 spiro atoms. The molecule has 0 aromatic heterocycles. The van der Waals surface area contributed by atoms with Crippen LogP contribution in [0.2, 0.25) is 0 Å². The lowest BCUT2D eigenvalue weighted by molar-refractivity contribution is -0.197.